The van der Waals surface area contributed by atoms with Crippen LogP contribution in [-0.4, -0.2) is 25.3 Å². The number of methoxy groups -OCH3 is 2. The number of aliphatic carboxylic acids is 1. The maximum atomic E-state index is 11.1. The van der Waals surface area contributed by atoms with Gasteiger partial charge in [0.1, 0.15) is 11.5 Å². The normalized spacial score (nSPS) is 13.8. The lowest BCUT2D eigenvalue weighted by Gasteiger charge is -2.21. The summed E-state index contributed by atoms with van der Waals surface area (Å²) in [6.07, 6.45) is 0.464. The first kappa shape index (κ1) is 14.3. The fraction of sp³-hybridized carbons (Fsp3) is 0.462. The van der Waals surface area contributed by atoms with Gasteiger partial charge in [-0.25, -0.2) is 0 Å². The molecule has 5 nitrogen and oxygen atoms in total. The van der Waals surface area contributed by atoms with Crippen LogP contribution in [0.5, 0.6) is 11.5 Å². The Morgan fingerprint density at radius 3 is 2.50 bits per heavy atom. The molecule has 2 atom stereocenters. The molecule has 0 amide bonds. The molecule has 0 aliphatic heterocycles. The van der Waals surface area contributed by atoms with Gasteiger partial charge in [0.25, 0.3) is 0 Å². The molecule has 0 spiro atoms. The molecule has 100 valence electrons. The average Bonchev–Trinajstić information content (AvgIpc) is 2.38. The van der Waals surface area contributed by atoms with E-state index in [1.54, 1.807) is 32.2 Å². The monoisotopic (exact) mass is 253 g/mol. The summed E-state index contributed by atoms with van der Waals surface area (Å²) < 4.78 is 10.3. The van der Waals surface area contributed by atoms with Crippen LogP contribution in [0.25, 0.3) is 0 Å². The topological polar surface area (TPSA) is 81.8 Å². The molecule has 2 unspecified atom stereocenters. The third-order valence-electron chi connectivity index (χ3n) is 2.99. The zero-order valence-corrected chi connectivity index (χ0v) is 10.8. The Labute approximate surface area is 107 Å². The van der Waals surface area contributed by atoms with Gasteiger partial charge >= 0.3 is 5.97 Å². The molecule has 0 aliphatic rings. The Balaban J connectivity index is 3.11. The van der Waals surface area contributed by atoms with Gasteiger partial charge in [-0.2, -0.15) is 0 Å². The van der Waals surface area contributed by atoms with E-state index in [4.69, 9.17) is 20.3 Å². The molecule has 1 aromatic rings. The molecule has 0 fully saturated rings. The lowest BCUT2D eigenvalue weighted by Crippen LogP contribution is -2.28. The summed E-state index contributed by atoms with van der Waals surface area (Å²) in [5.74, 6) is -0.345. The zero-order chi connectivity index (χ0) is 13.7. The van der Waals surface area contributed by atoms with Gasteiger partial charge in [-0.1, -0.05) is 13.0 Å². The molecule has 5 heteroatoms. The van der Waals surface area contributed by atoms with E-state index in [0.29, 0.717) is 23.5 Å². The highest BCUT2D eigenvalue weighted by molar-refractivity contribution is 5.71. The van der Waals surface area contributed by atoms with E-state index in [-0.39, 0.29) is 0 Å². The van der Waals surface area contributed by atoms with Crippen molar-refractivity contribution in [2.45, 2.75) is 19.4 Å². The number of nitrogens with two attached hydrogens (primary N) is 1. The van der Waals surface area contributed by atoms with Crippen molar-refractivity contribution >= 4 is 5.97 Å². The number of hydrogen-bond donors (Lipinski definition) is 2. The second-order valence-corrected chi connectivity index (χ2v) is 3.99. The minimum atomic E-state index is -0.900. The third-order valence-corrected chi connectivity index (χ3v) is 2.99. The molecule has 0 saturated carbocycles. The standard InChI is InChI=1S/C13H19NO4/c1-4-9(13(15)16)12(14)10-6-5-8(17-2)7-11(10)18-3/h5-7,9,12H,4,14H2,1-3H3,(H,15,16). The fourth-order valence-electron chi connectivity index (χ4n) is 1.89. The summed E-state index contributed by atoms with van der Waals surface area (Å²) in [7, 11) is 3.08. The number of carboxylic acids is 1. The van der Waals surface area contributed by atoms with Crippen LogP contribution in [0.15, 0.2) is 18.2 Å². The summed E-state index contributed by atoms with van der Waals surface area (Å²) in [6.45, 7) is 1.80. The van der Waals surface area contributed by atoms with Crippen LogP contribution in [0.2, 0.25) is 0 Å². The van der Waals surface area contributed by atoms with Crippen molar-refractivity contribution in [3.63, 3.8) is 0 Å². The van der Waals surface area contributed by atoms with E-state index in [2.05, 4.69) is 0 Å². The first-order valence-electron chi connectivity index (χ1n) is 5.75. The van der Waals surface area contributed by atoms with Crippen molar-refractivity contribution in [3.8, 4) is 11.5 Å². The predicted octanol–water partition coefficient (Wildman–Crippen LogP) is 1.81. The third kappa shape index (κ3) is 2.92. The quantitative estimate of drug-likeness (QED) is 0.808. The Morgan fingerprint density at radius 1 is 1.39 bits per heavy atom. The van der Waals surface area contributed by atoms with Gasteiger partial charge in [-0.05, 0) is 12.5 Å². The van der Waals surface area contributed by atoms with Crippen molar-refractivity contribution in [1.29, 1.82) is 0 Å². The number of ether oxygens (including phenoxy) is 2. The predicted molar refractivity (Wildman–Crippen MR) is 67.9 cm³/mol. The summed E-state index contributed by atoms with van der Waals surface area (Å²) in [6, 6.07) is 4.58. The van der Waals surface area contributed by atoms with Gasteiger partial charge in [-0.3, -0.25) is 4.79 Å². The minimum absolute atomic E-state index is 0.464. The summed E-state index contributed by atoms with van der Waals surface area (Å²) in [4.78, 5) is 11.1. The van der Waals surface area contributed by atoms with Crippen LogP contribution in [0.3, 0.4) is 0 Å². The SMILES string of the molecule is CCC(C(=O)O)C(N)c1ccc(OC)cc1OC. The molecular weight excluding hydrogens is 234 g/mol. The molecule has 0 radical (unpaired) electrons. The summed E-state index contributed by atoms with van der Waals surface area (Å²) in [5, 5.41) is 9.12. The van der Waals surface area contributed by atoms with E-state index >= 15 is 0 Å². The molecule has 0 aromatic heterocycles. The number of rotatable bonds is 6. The highest BCUT2D eigenvalue weighted by Crippen LogP contribution is 2.32. The zero-order valence-electron chi connectivity index (χ0n) is 10.8. The Kier molecular flexibility index (Phi) is 4.97. The Morgan fingerprint density at radius 2 is 2.06 bits per heavy atom. The van der Waals surface area contributed by atoms with Crippen molar-refractivity contribution < 1.29 is 19.4 Å². The maximum absolute atomic E-state index is 11.1. The molecule has 18 heavy (non-hydrogen) atoms. The molecule has 0 bridgehead atoms. The molecule has 1 aromatic carbocycles. The van der Waals surface area contributed by atoms with Crippen LogP contribution >= 0.6 is 0 Å². The van der Waals surface area contributed by atoms with Gasteiger partial charge in [0.2, 0.25) is 0 Å². The lowest BCUT2D eigenvalue weighted by atomic mass is 9.91. The molecular formula is C13H19NO4. The van der Waals surface area contributed by atoms with Crippen molar-refractivity contribution in [3.05, 3.63) is 23.8 Å². The highest BCUT2D eigenvalue weighted by Gasteiger charge is 2.27. The number of benzene rings is 1. The van der Waals surface area contributed by atoms with Crippen molar-refractivity contribution in [2.24, 2.45) is 11.7 Å². The highest BCUT2D eigenvalue weighted by atomic mass is 16.5. The van der Waals surface area contributed by atoms with Crippen LogP contribution in [-0.2, 0) is 4.79 Å². The molecule has 0 saturated heterocycles. The Hall–Kier alpha value is -1.75. The second-order valence-electron chi connectivity index (χ2n) is 3.99. The molecule has 0 heterocycles. The van der Waals surface area contributed by atoms with Crippen LogP contribution in [0.1, 0.15) is 24.9 Å². The summed E-state index contributed by atoms with van der Waals surface area (Å²) >= 11 is 0. The van der Waals surface area contributed by atoms with Crippen LogP contribution < -0.4 is 15.2 Å². The van der Waals surface area contributed by atoms with Gasteiger partial charge in [0, 0.05) is 17.7 Å². The fourth-order valence-corrected chi connectivity index (χ4v) is 1.89. The smallest absolute Gasteiger partial charge is 0.308 e. The van der Waals surface area contributed by atoms with Gasteiger partial charge in [0.05, 0.1) is 20.1 Å². The van der Waals surface area contributed by atoms with Crippen molar-refractivity contribution in [1.82, 2.24) is 0 Å². The molecule has 3 N–H and O–H groups in total. The van der Waals surface area contributed by atoms with Crippen LogP contribution in [0.4, 0.5) is 0 Å². The van der Waals surface area contributed by atoms with Crippen molar-refractivity contribution in [2.75, 3.05) is 14.2 Å². The average molecular weight is 253 g/mol. The number of hydrogen-bond acceptors (Lipinski definition) is 4. The van der Waals surface area contributed by atoms with Crippen LogP contribution in [0, 0.1) is 5.92 Å². The molecule has 1 rings (SSSR count). The van der Waals surface area contributed by atoms with Gasteiger partial charge < -0.3 is 20.3 Å². The first-order valence-corrected chi connectivity index (χ1v) is 5.75. The largest absolute Gasteiger partial charge is 0.497 e. The van der Waals surface area contributed by atoms with E-state index in [0.717, 1.165) is 0 Å². The summed E-state index contributed by atoms with van der Waals surface area (Å²) in [5.41, 5.74) is 6.69. The minimum Gasteiger partial charge on any atom is -0.497 e. The lowest BCUT2D eigenvalue weighted by molar-refractivity contribution is -0.142. The van der Waals surface area contributed by atoms with E-state index in [1.165, 1.54) is 7.11 Å². The van der Waals surface area contributed by atoms with E-state index in [1.807, 2.05) is 0 Å². The number of carboxylic acid groups (broad SMARTS) is 1. The second kappa shape index (κ2) is 6.26. The van der Waals surface area contributed by atoms with Gasteiger partial charge in [-0.15, -0.1) is 0 Å². The van der Waals surface area contributed by atoms with E-state index in [9.17, 15) is 4.79 Å². The number of carbonyl (C=O) groups is 1. The first-order chi connectivity index (χ1) is 8.54. The molecule has 0 aliphatic carbocycles. The maximum Gasteiger partial charge on any atom is 0.308 e. The Bertz CT molecular complexity index is 419. The van der Waals surface area contributed by atoms with E-state index < -0.39 is 17.9 Å². The van der Waals surface area contributed by atoms with Gasteiger partial charge in [0.15, 0.2) is 0 Å².